The molecule has 0 radical (unpaired) electrons. The molecular weight excluding hydrogens is 371 g/mol. The van der Waals surface area contributed by atoms with E-state index in [0.717, 1.165) is 15.6 Å². The largest absolute Gasteiger partial charge is 0.714 e. The van der Waals surface area contributed by atoms with E-state index >= 15 is 0 Å². The fraction of sp³-hybridized carbons (Fsp3) is 0.500. The fourth-order valence-corrected chi connectivity index (χ4v) is 2.49. The molecule has 1 aliphatic rings. The zero-order valence-electron chi connectivity index (χ0n) is 12.1. The summed E-state index contributed by atoms with van der Waals surface area (Å²) in [7, 11) is 0. The molecule has 0 bridgehead atoms. The van der Waals surface area contributed by atoms with E-state index in [1.807, 2.05) is 27.7 Å². The standard InChI is InChI=1S/C14H19IN2O3/c1-13(2)14(3,4)17(19)12(16(13)18)10-5-7-11(8-6-10)20-9-15/h5-8,18H,9H2,1-4H3. The predicted molar refractivity (Wildman–Crippen MR) is 85.5 cm³/mol. The Balaban J connectivity index is 2.44. The predicted octanol–water partition coefficient (Wildman–Crippen LogP) is 2.98. The molecule has 0 unspecified atom stereocenters. The molecule has 0 aliphatic carbocycles. The monoisotopic (exact) mass is 390 g/mol. The van der Waals surface area contributed by atoms with Crippen LogP contribution in [0.5, 0.6) is 5.75 Å². The molecule has 0 saturated heterocycles. The summed E-state index contributed by atoms with van der Waals surface area (Å²) in [5.74, 6) is 1.00. The van der Waals surface area contributed by atoms with E-state index in [0.29, 0.717) is 10.2 Å². The molecule has 20 heavy (non-hydrogen) atoms. The van der Waals surface area contributed by atoms with Gasteiger partial charge in [0.05, 0.1) is 5.56 Å². The summed E-state index contributed by atoms with van der Waals surface area (Å²) in [5.41, 5.74) is -0.738. The molecule has 0 aromatic heterocycles. The van der Waals surface area contributed by atoms with Gasteiger partial charge in [0, 0.05) is 0 Å². The molecule has 1 N–H and O–H groups in total. The first-order valence-corrected chi connectivity index (χ1v) is 7.88. The second kappa shape index (κ2) is 5.07. The van der Waals surface area contributed by atoms with E-state index in [1.54, 1.807) is 24.3 Å². The molecule has 0 amide bonds. The minimum atomic E-state index is -0.728. The Morgan fingerprint density at radius 3 is 2.20 bits per heavy atom. The number of halogens is 1. The fourth-order valence-electron chi connectivity index (χ4n) is 2.13. The van der Waals surface area contributed by atoms with Crippen molar-refractivity contribution in [2.24, 2.45) is 0 Å². The zero-order chi connectivity index (χ0) is 15.1. The lowest BCUT2D eigenvalue weighted by atomic mass is 9.84. The average Bonchev–Trinajstić information content (AvgIpc) is 2.51. The van der Waals surface area contributed by atoms with Gasteiger partial charge in [-0.1, -0.05) is 0 Å². The number of benzene rings is 1. The van der Waals surface area contributed by atoms with Crippen LogP contribution in [0.4, 0.5) is 0 Å². The van der Waals surface area contributed by atoms with Gasteiger partial charge in [-0.05, 0) is 74.6 Å². The van der Waals surface area contributed by atoms with Gasteiger partial charge in [-0.3, -0.25) is 4.74 Å². The molecule has 0 fully saturated rings. The van der Waals surface area contributed by atoms with Crippen LogP contribution >= 0.6 is 22.6 Å². The summed E-state index contributed by atoms with van der Waals surface area (Å²) in [6.07, 6.45) is 0. The van der Waals surface area contributed by atoms with Gasteiger partial charge in [0.25, 0.3) is 0 Å². The van der Waals surface area contributed by atoms with Gasteiger partial charge in [0.2, 0.25) is 0 Å². The van der Waals surface area contributed by atoms with Gasteiger partial charge in [0.1, 0.15) is 15.9 Å². The molecule has 0 spiro atoms. The van der Waals surface area contributed by atoms with Crippen molar-refractivity contribution >= 4 is 28.4 Å². The lowest BCUT2D eigenvalue weighted by Crippen LogP contribution is -2.53. The molecule has 0 atom stereocenters. The van der Waals surface area contributed by atoms with E-state index in [4.69, 9.17) is 4.74 Å². The molecule has 1 aliphatic heterocycles. The van der Waals surface area contributed by atoms with Gasteiger partial charge in [-0.15, -0.1) is 5.06 Å². The Bertz CT molecular complexity index is 538. The van der Waals surface area contributed by atoms with Crippen molar-refractivity contribution in [2.75, 3.05) is 4.61 Å². The molecule has 1 aromatic rings. The summed E-state index contributed by atoms with van der Waals surface area (Å²) in [4.78, 5) is 0. The van der Waals surface area contributed by atoms with Crippen molar-refractivity contribution in [2.45, 2.75) is 38.8 Å². The third-order valence-corrected chi connectivity index (χ3v) is 4.57. The van der Waals surface area contributed by atoms with Gasteiger partial charge in [0.15, 0.2) is 5.54 Å². The van der Waals surface area contributed by atoms with Crippen LogP contribution in [0, 0.1) is 5.21 Å². The molecule has 1 heterocycles. The van der Waals surface area contributed by atoms with Crippen LogP contribution in [0.2, 0.25) is 0 Å². The van der Waals surface area contributed by atoms with Crippen LogP contribution in [0.3, 0.4) is 0 Å². The van der Waals surface area contributed by atoms with Crippen molar-refractivity contribution < 1.29 is 14.7 Å². The third-order valence-electron chi connectivity index (χ3n) is 4.26. The number of alkyl halides is 1. The maximum atomic E-state index is 12.5. The first kappa shape index (κ1) is 15.4. The topological polar surface area (TPSA) is 58.8 Å². The van der Waals surface area contributed by atoms with E-state index < -0.39 is 11.1 Å². The Morgan fingerprint density at radius 2 is 1.80 bits per heavy atom. The molecule has 1 aromatic carbocycles. The summed E-state index contributed by atoms with van der Waals surface area (Å²) < 4.78 is 6.81. The number of hydrogen-bond acceptors (Lipinski definition) is 4. The lowest BCUT2D eigenvalue weighted by Gasteiger charge is -2.33. The van der Waals surface area contributed by atoms with Crippen LogP contribution in [-0.2, 0) is 0 Å². The Morgan fingerprint density at radius 1 is 1.25 bits per heavy atom. The zero-order valence-corrected chi connectivity index (χ0v) is 14.2. The number of amidine groups is 1. The third kappa shape index (κ3) is 2.14. The smallest absolute Gasteiger partial charge is 0.313 e. The van der Waals surface area contributed by atoms with E-state index in [9.17, 15) is 10.4 Å². The minimum Gasteiger partial charge on any atom is -0.714 e. The number of hydroxylamine groups is 3. The highest BCUT2D eigenvalue weighted by Crippen LogP contribution is 2.37. The van der Waals surface area contributed by atoms with Crippen LogP contribution in [0.25, 0.3) is 0 Å². The highest BCUT2D eigenvalue weighted by atomic mass is 127. The van der Waals surface area contributed by atoms with Gasteiger partial charge >= 0.3 is 5.84 Å². The van der Waals surface area contributed by atoms with Crippen molar-refractivity contribution in [1.29, 1.82) is 0 Å². The molecule has 6 heteroatoms. The highest BCUT2D eigenvalue weighted by Gasteiger charge is 2.58. The van der Waals surface area contributed by atoms with Crippen LogP contribution in [-0.4, -0.2) is 36.5 Å². The second-order valence-electron chi connectivity index (χ2n) is 5.83. The van der Waals surface area contributed by atoms with E-state index in [-0.39, 0.29) is 5.84 Å². The summed E-state index contributed by atoms with van der Waals surface area (Å²) in [5, 5.41) is 23.9. The SMILES string of the molecule is CC1(C)N(O)C(c2ccc(OCI)cc2)=[N+]([O-])C1(C)C. The van der Waals surface area contributed by atoms with Gasteiger partial charge < -0.3 is 9.94 Å². The first-order valence-electron chi connectivity index (χ1n) is 6.36. The van der Waals surface area contributed by atoms with E-state index in [2.05, 4.69) is 22.6 Å². The van der Waals surface area contributed by atoms with Crippen molar-refractivity contribution in [3.63, 3.8) is 0 Å². The summed E-state index contributed by atoms with van der Waals surface area (Å²) in [6.45, 7) is 7.34. The molecule has 5 nitrogen and oxygen atoms in total. The second-order valence-corrected chi connectivity index (χ2v) is 6.45. The minimum absolute atomic E-state index is 0.265. The van der Waals surface area contributed by atoms with Crippen molar-refractivity contribution in [1.82, 2.24) is 5.06 Å². The number of hydrogen-bond donors (Lipinski definition) is 1. The lowest BCUT2D eigenvalue weighted by molar-refractivity contribution is -0.539. The number of ether oxygens (including phenoxy) is 1. The summed E-state index contributed by atoms with van der Waals surface area (Å²) >= 11 is 2.12. The highest BCUT2D eigenvalue weighted by molar-refractivity contribution is 14.1. The van der Waals surface area contributed by atoms with Crippen LogP contribution < -0.4 is 4.74 Å². The number of nitrogens with zero attached hydrogens (tertiary/aromatic N) is 2. The Kier molecular flexibility index (Phi) is 3.90. The molecule has 0 saturated carbocycles. The molecular formula is C14H19IN2O3. The van der Waals surface area contributed by atoms with Crippen LogP contribution in [0.1, 0.15) is 33.3 Å². The van der Waals surface area contributed by atoms with E-state index in [1.165, 1.54) is 0 Å². The average molecular weight is 390 g/mol. The quantitative estimate of drug-likeness (QED) is 0.373. The first-order chi connectivity index (χ1) is 9.23. The molecule has 2 rings (SSSR count). The maximum Gasteiger partial charge on any atom is 0.313 e. The van der Waals surface area contributed by atoms with Crippen molar-refractivity contribution in [3.8, 4) is 5.75 Å². The Hall–Kier alpha value is -1.02. The summed E-state index contributed by atoms with van der Waals surface area (Å²) in [6, 6.07) is 7.15. The maximum absolute atomic E-state index is 12.5. The van der Waals surface area contributed by atoms with Crippen molar-refractivity contribution in [3.05, 3.63) is 35.0 Å². The Labute approximate surface area is 132 Å². The van der Waals surface area contributed by atoms with Crippen LogP contribution in [0.15, 0.2) is 24.3 Å². The van der Waals surface area contributed by atoms with Gasteiger partial charge in [-0.25, -0.2) is 5.21 Å². The normalized spacial score (nSPS) is 20.4. The molecule has 110 valence electrons. The van der Waals surface area contributed by atoms with Gasteiger partial charge in [-0.2, -0.15) is 0 Å². The number of rotatable bonds is 3.